The molecule has 1 aliphatic heterocycles. The molecule has 2 N–H and O–H groups in total. The second kappa shape index (κ2) is 12.6. The molecule has 6 nitrogen and oxygen atoms in total. The van der Waals surface area contributed by atoms with Crippen molar-refractivity contribution < 1.29 is 9.59 Å². The molecule has 0 radical (unpaired) electrons. The zero-order chi connectivity index (χ0) is 24.3. The van der Waals surface area contributed by atoms with Gasteiger partial charge in [0.15, 0.2) is 0 Å². The van der Waals surface area contributed by atoms with Crippen molar-refractivity contribution in [2.24, 2.45) is 0 Å². The molecule has 180 valence electrons. The van der Waals surface area contributed by atoms with Gasteiger partial charge in [-0.3, -0.25) is 25.3 Å². The van der Waals surface area contributed by atoms with Gasteiger partial charge < -0.3 is 4.90 Å². The summed E-state index contributed by atoms with van der Waals surface area (Å²) in [5.41, 5.74) is 8.46. The van der Waals surface area contributed by atoms with Crippen LogP contribution in [0.5, 0.6) is 0 Å². The van der Waals surface area contributed by atoms with E-state index in [4.69, 9.17) is 0 Å². The van der Waals surface area contributed by atoms with Gasteiger partial charge in [-0.25, -0.2) is 0 Å². The van der Waals surface area contributed by atoms with Gasteiger partial charge in [-0.1, -0.05) is 91.0 Å². The highest BCUT2D eigenvalue weighted by Gasteiger charge is 2.26. The summed E-state index contributed by atoms with van der Waals surface area (Å²) in [5.74, 6) is -0.552. The average Bonchev–Trinajstić information content (AvgIpc) is 2.92. The number of hydrogen-bond donors (Lipinski definition) is 2. The summed E-state index contributed by atoms with van der Waals surface area (Å²) in [4.78, 5) is 29.0. The first-order valence-corrected chi connectivity index (χ1v) is 12.1. The number of carbonyl (C=O) groups excluding carboxylic acids is 2. The number of carbonyl (C=O) groups is 2. The third-order valence-corrected chi connectivity index (χ3v) is 6.21. The Kier molecular flexibility index (Phi) is 8.81. The summed E-state index contributed by atoms with van der Waals surface area (Å²) in [5, 5.41) is 0. The fourth-order valence-corrected chi connectivity index (χ4v) is 4.36. The fourth-order valence-electron chi connectivity index (χ4n) is 4.36. The van der Waals surface area contributed by atoms with Gasteiger partial charge in [-0.15, -0.1) is 0 Å². The van der Waals surface area contributed by atoms with Crippen molar-refractivity contribution in [3.8, 4) is 0 Å². The smallest absolute Gasteiger partial charge is 0.262 e. The zero-order valence-corrected chi connectivity index (χ0v) is 19.8. The van der Waals surface area contributed by atoms with Crippen LogP contribution in [-0.4, -0.2) is 54.3 Å². The van der Waals surface area contributed by atoms with Gasteiger partial charge in [-0.2, -0.15) is 0 Å². The Labute approximate surface area is 207 Å². The number of rotatable bonds is 8. The molecule has 1 aliphatic rings. The van der Waals surface area contributed by atoms with Gasteiger partial charge >= 0.3 is 0 Å². The van der Waals surface area contributed by atoms with E-state index in [2.05, 4.69) is 81.3 Å². The summed E-state index contributed by atoms with van der Waals surface area (Å²) >= 11 is 0. The van der Waals surface area contributed by atoms with Crippen LogP contribution in [0.1, 0.15) is 29.2 Å². The van der Waals surface area contributed by atoms with Gasteiger partial charge in [0.25, 0.3) is 5.91 Å². The van der Waals surface area contributed by atoms with E-state index in [9.17, 15) is 9.59 Å². The molecule has 3 aromatic carbocycles. The lowest BCUT2D eigenvalue weighted by Gasteiger charge is -2.39. The number of benzene rings is 3. The van der Waals surface area contributed by atoms with Crippen molar-refractivity contribution in [1.82, 2.24) is 20.7 Å². The Bertz CT molecular complexity index is 1060. The Morgan fingerprint density at radius 3 is 1.86 bits per heavy atom. The van der Waals surface area contributed by atoms with E-state index < -0.39 is 0 Å². The van der Waals surface area contributed by atoms with Crippen molar-refractivity contribution in [1.29, 1.82) is 0 Å². The first-order chi connectivity index (χ1) is 17.2. The van der Waals surface area contributed by atoms with Crippen molar-refractivity contribution in [2.45, 2.75) is 12.5 Å². The second-order valence-corrected chi connectivity index (χ2v) is 8.63. The first-order valence-electron chi connectivity index (χ1n) is 12.1. The SMILES string of the molecule is O=C(/C=C/c1ccccc1)NNC(=O)CCN1CCN(C(c2ccccc2)c2ccccc2)CC1. The Hall–Kier alpha value is -3.74. The molecule has 0 bridgehead atoms. The van der Waals surface area contributed by atoms with Crippen molar-refractivity contribution in [3.05, 3.63) is 114 Å². The summed E-state index contributed by atoms with van der Waals surface area (Å²) in [6.45, 7) is 4.32. The van der Waals surface area contributed by atoms with Gasteiger partial charge in [0, 0.05) is 45.2 Å². The van der Waals surface area contributed by atoms with Crippen LogP contribution in [0, 0.1) is 0 Å². The number of amides is 2. The van der Waals surface area contributed by atoms with Crippen LogP contribution in [0.2, 0.25) is 0 Å². The van der Waals surface area contributed by atoms with E-state index >= 15 is 0 Å². The molecule has 2 amide bonds. The molecule has 1 saturated heterocycles. The third kappa shape index (κ3) is 7.37. The topological polar surface area (TPSA) is 64.7 Å². The number of hydrogen-bond acceptors (Lipinski definition) is 4. The van der Waals surface area contributed by atoms with Crippen LogP contribution < -0.4 is 10.9 Å². The monoisotopic (exact) mass is 468 g/mol. The molecule has 1 heterocycles. The summed E-state index contributed by atoms with van der Waals surface area (Å²) in [6, 6.07) is 31.0. The molecule has 0 aromatic heterocycles. The predicted octanol–water partition coefficient (Wildman–Crippen LogP) is 3.64. The predicted molar refractivity (Wildman–Crippen MR) is 139 cm³/mol. The minimum atomic E-state index is -0.358. The largest absolute Gasteiger partial charge is 0.300 e. The van der Waals surface area contributed by atoms with E-state index in [-0.39, 0.29) is 17.9 Å². The molecular weight excluding hydrogens is 436 g/mol. The molecule has 3 aromatic rings. The maximum atomic E-state index is 12.2. The highest BCUT2D eigenvalue weighted by molar-refractivity contribution is 5.93. The van der Waals surface area contributed by atoms with Gasteiger partial charge in [0.1, 0.15) is 0 Å². The lowest BCUT2D eigenvalue weighted by Crippen LogP contribution is -2.49. The lowest BCUT2D eigenvalue weighted by atomic mass is 9.96. The van der Waals surface area contributed by atoms with Crippen molar-refractivity contribution in [3.63, 3.8) is 0 Å². The summed E-state index contributed by atoms with van der Waals surface area (Å²) < 4.78 is 0. The van der Waals surface area contributed by atoms with Gasteiger partial charge in [-0.05, 0) is 22.8 Å². The molecule has 0 atom stereocenters. The van der Waals surface area contributed by atoms with Crippen molar-refractivity contribution in [2.75, 3.05) is 32.7 Å². The van der Waals surface area contributed by atoms with Gasteiger partial charge in [0.05, 0.1) is 6.04 Å². The first kappa shape index (κ1) is 24.4. The molecule has 0 unspecified atom stereocenters. The molecule has 0 spiro atoms. The average molecular weight is 469 g/mol. The highest BCUT2D eigenvalue weighted by atomic mass is 16.2. The quantitative estimate of drug-likeness (QED) is 0.391. The number of piperazine rings is 1. The molecule has 1 fully saturated rings. The van der Waals surface area contributed by atoms with Crippen LogP contribution in [0.15, 0.2) is 97.1 Å². The molecule has 4 rings (SSSR count). The van der Waals surface area contributed by atoms with E-state index in [0.717, 1.165) is 31.7 Å². The van der Waals surface area contributed by atoms with Crippen LogP contribution >= 0.6 is 0 Å². The van der Waals surface area contributed by atoms with Crippen LogP contribution in [0.4, 0.5) is 0 Å². The third-order valence-electron chi connectivity index (χ3n) is 6.21. The lowest BCUT2D eigenvalue weighted by molar-refractivity contribution is -0.127. The van der Waals surface area contributed by atoms with Crippen molar-refractivity contribution >= 4 is 17.9 Å². The maximum Gasteiger partial charge on any atom is 0.262 e. The van der Waals surface area contributed by atoms with E-state index in [0.29, 0.717) is 13.0 Å². The summed E-state index contributed by atoms with van der Waals surface area (Å²) in [7, 11) is 0. The molecule has 0 aliphatic carbocycles. The Balaban J connectivity index is 1.22. The van der Waals surface area contributed by atoms with Gasteiger partial charge in [0.2, 0.25) is 5.91 Å². The highest BCUT2D eigenvalue weighted by Crippen LogP contribution is 2.29. The second-order valence-electron chi connectivity index (χ2n) is 8.63. The zero-order valence-electron chi connectivity index (χ0n) is 19.8. The molecule has 6 heteroatoms. The normalized spacial score (nSPS) is 14.8. The maximum absolute atomic E-state index is 12.2. The van der Waals surface area contributed by atoms with E-state index in [1.165, 1.54) is 17.2 Å². The molecule has 0 saturated carbocycles. The van der Waals surface area contributed by atoms with Crippen LogP contribution in [0.3, 0.4) is 0 Å². The minimum absolute atomic E-state index is 0.194. The Morgan fingerprint density at radius 1 is 0.743 bits per heavy atom. The van der Waals surface area contributed by atoms with E-state index in [1.807, 2.05) is 30.3 Å². The Morgan fingerprint density at radius 2 is 1.29 bits per heavy atom. The number of hydrazine groups is 1. The number of nitrogens with one attached hydrogen (secondary N) is 2. The molecule has 35 heavy (non-hydrogen) atoms. The summed E-state index contributed by atoms with van der Waals surface area (Å²) in [6.07, 6.45) is 3.45. The van der Waals surface area contributed by atoms with Crippen LogP contribution in [-0.2, 0) is 9.59 Å². The minimum Gasteiger partial charge on any atom is -0.300 e. The fraction of sp³-hybridized carbons (Fsp3) is 0.241. The standard InChI is InChI=1S/C29H32N4O2/c34-27(17-16-24-10-4-1-5-11-24)30-31-28(35)18-19-32-20-22-33(23-21-32)29(25-12-6-2-7-13-25)26-14-8-3-9-15-26/h1-17,29H,18-23H2,(H,30,34)(H,31,35)/b17-16+. The van der Waals surface area contributed by atoms with E-state index in [1.54, 1.807) is 6.08 Å². The van der Waals surface area contributed by atoms with Crippen LogP contribution in [0.25, 0.3) is 6.08 Å². The number of nitrogens with zero attached hydrogens (tertiary/aromatic N) is 2. The molecular formula is C29H32N4O2.